The Labute approximate surface area is 127 Å². The summed E-state index contributed by atoms with van der Waals surface area (Å²) in [5.74, 6) is -0.605. The minimum Gasteiger partial charge on any atom is -0.360 e. The van der Waals surface area contributed by atoms with Crippen LogP contribution in [0.25, 0.3) is 0 Å². The number of nitrogens with zero attached hydrogens (tertiary/aromatic N) is 1. The van der Waals surface area contributed by atoms with Gasteiger partial charge in [0.05, 0.1) is 12.2 Å². The third-order valence-electron chi connectivity index (χ3n) is 2.95. The fourth-order valence-electron chi connectivity index (χ4n) is 1.70. The van der Waals surface area contributed by atoms with Crippen molar-refractivity contribution < 1.29 is 17.7 Å². The van der Waals surface area contributed by atoms with Crippen LogP contribution in [-0.4, -0.2) is 24.7 Å². The van der Waals surface area contributed by atoms with Crippen LogP contribution in [0.4, 0.5) is 0 Å². The van der Waals surface area contributed by atoms with Crippen molar-refractivity contribution in [3.8, 4) is 0 Å². The lowest BCUT2D eigenvalue weighted by atomic mass is 10.4. The Bertz CT molecular complexity index is 704. The minimum atomic E-state index is -3.63. The number of sulfone groups is 1. The van der Waals surface area contributed by atoms with E-state index in [2.05, 4.69) is 10.5 Å². The maximum absolute atomic E-state index is 12.2. The van der Waals surface area contributed by atoms with Crippen molar-refractivity contribution in [3.05, 3.63) is 39.9 Å². The van der Waals surface area contributed by atoms with Crippen molar-refractivity contribution in [1.82, 2.24) is 10.5 Å². The highest BCUT2D eigenvalue weighted by Crippen LogP contribution is 2.13. The third kappa shape index (κ3) is 4.15. The van der Waals surface area contributed by atoms with E-state index in [-0.39, 0.29) is 11.5 Å². The molecule has 0 spiro atoms. The minimum absolute atomic E-state index is 0.241. The lowest BCUT2D eigenvalue weighted by Gasteiger charge is -2.11. The van der Waals surface area contributed by atoms with Gasteiger partial charge in [0.25, 0.3) is 0 Å². The Morgan fingerprint density at radius 3 is 2.86 bits per heavy atom. The van der Waals surface area contributed by atoms with Crippen LogP contribution in [-0.2, 0) is 26.9 Å². The number of amides is 1. The molecule has 1 amide bonds. The molecule has 0 saturated carbocycles. The molecular weight excluding hydrogens is 312 g/mol. The van der Waals surface area contributed by atoms with Gasteiger partial charge in [-0.15, -0.1) is 11.3 Å². The van der Waals surface area contributed by atoms with Crippen LogP contribution >= 0.6 is 11.3 Å². The molecule has 0 aliphatic carbocycles. The Morgan fingerprint density at radius 2 is 2.29 bits per heavy atom. The molecule has 21 heavy (non-hydrogen) atoms. The monoisotopic (exact) mass is 328 g/mol. The standard InChI is InChI=1S/C13H16N2O4S2/c1-9-6-11(19-15-9)8-21(17,18)10(2)13(16)14-7-12-4-3-5-20-12/h3-6,10H,7-8H2,1-2H3,(H,14,16)/t10-/m1/s1. The second-order valence-electron chi connectivity index (χ2n) is 4.68. The van der Waals surface area contributed by atoms with Crippen molar-refractivity contribution in [2.24, 2.45) is 0 Å². The van der Waals surface area contributed by atoms with Crippen LogP contribution in [0.5, 0.6) is 0 Å². The van der Waals surface area contributed by atoms with E-state index < -0.39 is 21.0 Å². The lowest BCUT2D eigenvalue weighted by Crippen LogP contribution is -2.37. The molecule has 0 unspecified atom stereocenters. The summed E-state index contributed by atoms with van der Waals surface area (Å²) in [6.45, 7) is 3.41. The van der Waals surface area contributed by atoms with Crippen LogP contribution in [0.2, 0.25) is 0 Å². The van der Waals surface area contributed by atoms with Gasteiger partial charge in [0.1, 0.15) is 11.0 Å². The largest absolute Gasteiger partial charge is 0.360 e. The SMILES string of the molecule is Cc1cc(CS(=O)(=O)[C@H](C)C(=O)NCc2cccs2)on1. The summed E-state index contributed by atoms with van der Waals surface area (Å²) in [7, 11) is -3.63. The van der Waals surface area contributed by atoms with E-state index >= 15 is 0 Å². The molecule has 2 heterocycles. The molecule has 114 valence electrons. The van der Waals surface area contributed by atoms with Gasteiger partial charge in [0.15, 0.2) is 15.6 Å². The summed E-state index contributed by atoms with van der Waals surface area (Å²) in [5.41, 5.74) is 0.606. The first-order valence-corrected chi connectivity index (χ1v) is 8.92. The zero-order valence-corrected chi connectivity index (χ0v) is 13.3. The highest BCUT2D eigenvalue weighted by atomic mass is 32.2. The van der Waals surface area contributed by atoms with Crippen molar-refractivity contribution in [2.45, 2.75) is 31.4 Å². The Kier molecular flexibility index (Phi) is 4.79. The van der Waals surface area contributed by atoms with E-state index in [9.17, 15) is 13.2 Å². The summed E-state index contributed by atoms with van der Waals surface area (Å²) >= 11 is 1.50. The number of nitrogens with one attached hydrogen (secondary N) is 1. The number of thiophene rings is 1. The molecule has 0 aliphatic rings. The molecule has 2 aromatic heterocycles. The van der Waals surface area contributed by atoms with Gasteiger partial charge in [-0.25, -0.2) is 8.42 Å². The Hall–Kier alpha value is -1.67. The number of aromatic nitrogens is 1. The number of hydrogen-bond acceptors (Lipinski definition) is 6. The van der Waals surface area contributed by atoms with E-state index in [4.69, 9.17) is 4.52 Å². The first-order valence-electron chi connectivity index (χ1n) is 6.32. The summed E-state index contributed by atoms with van der Waals surface area (Å²) < 4.78 is 29.2. The molecule has 0 aromatic carbocycles. The third-order valence-corrected chi connectivity index (χ3v) is 5.80. The number of rotatable bonds is 6. The fourth-order valence-corrected chi connectivity index (χ4v) is 3.54. The van der Waals surface area contributed by atoms with Crippen molar-refractivity contribution >= 4 is 27.1 Å². The van der Waals surface area contributed by atoms with Crippen LogP contribution in [0.1, 0.15) is 23.3 Å². The zero-order valence-electron chi connectivity index (χ0n) is 11.7. The highest BCUT2D eigenvalue weighted by Gasteiger charge is 2.29. The summed E-state index contributed by atoms with van der Waals surface area (Å²) in [5, 5.41) is 7.02. The molecule has 8 heteroatoms. The van der Waals surface area contributed by atoms with Crippen molar-refractivity contribution in [1.29, 1.82) is 0 Å². The van der Waals surface area contributed by atoms with Crippen LogP contribution in [0.3, 0.4) is 0 Å². The zero-order chi connectivity index (χ0) is 15.5. The second-order valence-corrected chi connectivity index (χ2v) is 8.03. The molecule has 0 aliphatic heterocycles. The first kappa shape index (κ1) is 15.7. The predicted octanol–water partition coefficient (Wildman–Crippen LogP) is 1.66. The molecule has 1 atom stereocenters. The summed E-state index contributed by atoms with van der Waals surface area (Å²) in [4.78, 5) is 12.9. The van der Waals surface area contributed by atoms with Gasteiger partial charge >= 0.3 is 0 Å². The summed E-state index contributed by atoms with van der Waals surface area (Å²) in [6.07, 6.45) is 0. The fraction of sp³-hybridized carbons (Fsp3) is 0.385. The smallest absolute Gasteiger partial charge is 0.238 e. The normalized spacial score (nSPS) is 13.0. The summed E-state index contributed by atoms with van der Waals surface area (Å²) in [6, 6.07) is 5.30. The molecule has 0 saturated heterocycles. The quantitative estimate of drug-likeness (QED) is 0.871. The van der Waals surface area contributed by atoms with Gasteiger partial charge < -0.3 is 9.84 Å². The van der Waals surface area contributed by atoms with Crippen LogP contribution in [0.15, 0.2) is 28.1 Å². The van der Waals surface area contributed by atoms with Gasteiger partial charge in [-0.2, -0.15) is 0 Å². The lowest BCUT2D eigenvalue weighted by molar-refractivity contribution is -0.120. The molecule has 2 aromatic rings. The number of hydrogen-bond donors (Lipinski definition) is 1. The average molecular weight is 328 g/mol. The maximum Gasteiger partial charge on any atom is 0.238 e. The average Bonchev–Trinajstić information content (AvgIpc) is 3.06. The van der Waals surface area contributed by atoms with Gasteiger partial charge in [-0.05, 0) is 25.3 Å². The number of aryl methyl sites for hydroxylation is 1. The molecular formula is C13H16N2O4S2. The molecule has 2 rings (SSSR count). The first-order chi connectivity index (χ1) is 9.88. The van der Waals surface area contributed by atoms with Crippen LogP contribution < -0.4 is 5.32 Å². The Balaban J connectivity index is 1.96. The highest BCUT2D eigenvalue weighted by molar-refractivity contribution is 7.92. The van der Waals surface area contributed by atoms with Crippen molar-refractivity contribution in [2.75, 3.05) is 0 Å². The van der Waals surface area contributed by atoms with Gasteiger partial charge in [0.2, 0.25) is 5.91 Å². The van der Waals surface area contributed by atoms with Gasteiger partial charge in [0, 0.05) is 10.9 Å². The van der Waals surface area contributed by atoms with Gasteiger partial charge in [-0.3, -0.25) is 4.79 Å². The Morgan fingerprint density at radius 1 is 1.52 bits per heavy atom. The molecule has 0 bridgehead atoms. The number of carbonyl (C=O) groups excluding carboxylic acids is 1. The van der Waals surface area contributed by atoms with Crippen molar-refractivity contribution in [3.63, 3.8) is 0 Å². The van der Waals surface area contributed by atoms with E-state index in [0.717, 1.165) is 4.88 Å². The maximum atomic E-state index is 12.2. The predicted molar refractivity (Wildman–Crippen MR) is 79.5 cm³/mol. The van der Waals surface area contributed by atoms with Gasteiger partial charge in [-0.1, -0.05) is 11.2 Å². The van der Waals surface area contributed by atoms with E-state index in [0.29, 0.717) is 12.2 Å². The molecule has 1 N–H and O–H groups in total. The van der Waals surface area contributed by atoms with E-state index in [1.807, 2.05) is 17.5 Å². The van der Waals surface area contributed by atoms with E-state index in [1.165, 1.54) is 18.3 Å². The molecule has 0 radical (unpaired) electrons. The molecule has 6 nitrogen and oxygen atoms in total. The second kappa shape index (κ2) is 6.40. The molecule has 0 fully saturated rings. The van der Waals surface area contributed by atoms with Crippen LogP contribution in [0, 0.1) is 6.92 Å². The topological polar surface area (TPSA) is 89.3 Å². The number of carbonyl (C=O) groups is 1. The van der Waals surface area contributed by atoms with E-state index in [1.54, 1.807) is 13.0 Å².